The van der Waals surface area contributed by atoms with Gasteiger partial charge in [0.2, 0.25) is 0 Å². The van der Waals surface area contributed by atoms with Crippen LogP contribution in [0.2, 0.25) is 0 Å². The normalized spacial score (nSPS) is 17.2. The molecule has 0 spiro atoms. The number of fused-ring (bicyclic) bond motifs is 1. The van der Waals surface area contributed by atoms with E-state index in [4.69, 9.17) is 0 Å². The molecule has 2 heterocycles. The summed E-state index contributed by atoms with van der Waals surface area (Å²) in [7, 11) is 0. The van der Waals surface area contributed by atoms with E-state index in [1.165, 1.54) is 22.4 Å². The summed E-state index contributed by atoms with van der Waals surface area (Å²) in [4.78, 5) is 6.92. The number of aliphatic imine (C=N–C) groups is 1. The molecule has 2 aliphatic rings. The van der Waals surface area contributed by atoms with Crippen molar-refractivity contribution in [2.24, 2.45) is 4.99 Å². The SMILES string of the molecule is C1=C(c2ccc(-c3ccccc3)cc2)N2CCCN=C2S1. The predicted molar refractivity (Wildman–Crippen MR) is 91.1 cm³/mol. The van der Waals surface area contributed by atoms with Gasteiger partial charge in [0.25, 0.3) is 0 Å². The number of hydrogen-bond donors (Lipinski definition) is 0. The van der Waals surface area contributed by atoms with Gasteiger partial charge in [0.05, 0.1) is 5.70 Å². The number of rotatable bonds is 2. The van der Waals surface area contributed by atoms with Crippen LogP contribution in [0.4, 0.5) is 0 Å². The molecule has 2 nitrogen and oxygen atoms in total. The van der Waals surface area contributed by atoms with Gasteiger partial charge in [0.15, 0.2) is 5.17 Å². The van der Waals surface area contributed by atoms with E-state index in [1.54, 1.807) is 11.8 Å². The monoisotopic (exact) mass is 292 g/mol. The topological polar surface area (TPSA) is 15.6 Å². The molecule has 0 bridgehead atoms. The van der Waals surface area contributed by atoms with Crippen LogP contribution in [0.3, 0.4) is 0 Å². The average Bonchev–Trinajstić information content (AvgIpc) is 3.00. The van der Waals surface area contributed by atoms with E-state index in [0.717, 1.165) is 24.7 Å². The molecule has 2 aromatic carbocycles. The maximum absolute atomic E-state index is 4.59. The Balaban J connectivity index is 1.63. The fourth-order valence-electron chi connectivity index (χ4n) is 2.77. The summed E-state index contributed by atoms with van der Waals surface area (Å²) < 4.78 is 0. The zero-order valence-electron chi connectivity index (χ0n) is 11.7. The minimum atomic E-state index is 0.965. The number of amidine groups is 1. The molecule has 21 heavy (non-hydrogen) atoms. The number of thioether (sulfide) groups is 1. The summed E-state index contributed by atoms with van der Waals surface area (Å²) in [6, 6.07) is 19.3. The van der Waals surface area contributed by atoms with Crippen molar-refractivity contribution in [3.05, 3.63) is 65.6 Å². The van der Waals surface area contributed by atoms with Gasteiger partial charge in [-0.3, -0.25) is 4.99 Å². The first-order chi connectivity index (χ1) is 10.4. The summed E-state index contributed by atoms with van der Waals surface area (Å²) in [6.07, 6.45) is 1.14. The molecule has 104 valence electrons. The fourth-order valence-corrected chi connectivity index (χ4v) is 3.73. The van der Waals surface area contributed by atoms with Crippen LogP contribution in [0.5, 0.6) is 0 Å². The first kappa shape index (κ1) is 12.7. The van der Waals surface area contributed by atoms with E-state index in [0.29, 0.717) is 0 Å². The first-order valence-electron chi connectivity index (χ1n) is 7.26. The molecule has 3 heteroatoms. The van der Waals surface area contributed by atoms with Crippen molar-refractivity contribution < 1.29 is 0 Å². The highest BCUT2D eigenvalue weighted by molar-refractivity contribution is 8.16. The second kappa shape index (κ2) is 5.41. The highest BCUT2D eigenvalue weighted by atomic mass is 32.2. The molecule has 2 aromatic rings. The Morgan fingerprint density at radius 1 is 0.857 bits per heavy atom. The third kappa shape index (κ3) is 2.38. The quantitative estimate of drug-likeness (QED) is 0.812. The second-order valence-corrected chi connectivity index (χ2v) is 6.07. The van der Waals surface area contributed by atoms with Crippen LogP contribution in [0.1, 0.15) is 12.0 Å². The Morgan fingerprint density at radius 3 is 2.38 bits per heavy atom. The van der Waals surface area contributed by atoms with Gasteiger partial charge in [-0.2, -0.15) is 0 Å². The zero-order valence-corrected chi connectivity index (χ0v) is 12.5. The Bertz CT molecular complexity index is 702. The van der Waals surface area contributed by atoms with Crippen molar-refractivity contribution in [1.82, 2.24) is 4.90 Å². The van der Waals surface area contributed by atoms with E-state index in [9.17, 15) is 0 Å². The second-order valence-electron chi connectivity index (χ2n) is 5.23. The molecule has 0 atom stereocenters. The summed E-state index contributed by atoms with van der Waals surface area (Å²) >= 11 is 1.74. The molecule has 4 rings (SSSR count). The first-order valence-corrected chi connectivity index (χ1v) is 8.14. The lowest BCUT2D eigenvalue weighted by Crippen LogP contribution is -2.28. The lowest BCUT2D eigenvalue weighted by atomic mass is 10.0. The van der Waals surface area contributed by atoms with Gasteiger partial charge in [-0.05, 0) is 23.1 Å². The van der Waals surface area contributed by atoms with Gasteiger partial charge < -0.3 is 4.90 Å². The minimum Gasteiger partial charge on any atom is -0.320 e. The van der Waals surface area contributed by atoms with Gasteiger partial charge in [-0.1, -0.05) is 66.4 Å². The third-order valence-electron chi connectivity index (χ3n) is 3.87. The fraction of sp³-hybridized carbons (Fsp3) is 0.167. The van der Waals surface area contributed by atoms with Crippen LogP contribution in [-0.2, 0) is 0 Å². The van der Waals surface area contributed by atoms with Crippen molar-refractivity contribution in [2.45, 2.75) is 6.42 Å². The highest BCUT2D eigenvalue weighted by Gasteiger charge is 2.25. The van der Waals surface area contributed by atoms with Crippen molar-refractivity contribution in [1.29, 1.82) is 0 Å². The van der Waals surface area contributed by atoms with Crippen molar-refractivity contribution in [3.63, 3.8) is 0 Å². The van der Waals surface area contributed by atoms with Crippen molar-refractivity contribution in [3.8, 4) is 11.1 Å². The van der Waals surface area contributed by atoms with E-state index >= 15 is 0 Å². The van der Waals surface area contributed by atoms with Gasteiger partial charge in [-0.25, -0.2) is 0 Å². The molecule has 0 aliphatic carbocycles. The summed E-state index contributed by atoms with van der Waals surface area (Å²) in [5.74, 6) is 0. The molecule has 0 saturated heterocycles. The van der Waals surface area contributed by atoms with Crippen LogP contribution in [-0.4, -0.2) is 23.2 Å². The van der Waals surface area contributed by atoms with Gasteiger partial charge >= 0.3 is 0 Å². The maximum Gasteiger partial charge on any atom is 0.168 e. The van der Waals surface area contributed by atoms with E-state index < -0.39 is 0 Å². The smallest absolute Gasteiger partial charge is 0.168 e. The van der Waals surface area contributed by atoms with Gasteiger partial charge in [0.1, 0.15) is 0 Å². The van der Waals surface area contributed by atoms with Crippen molar-refractivity contribution in [2.75, 3.05) is 13.1 Å². The standard InChI is InChI=1S/C18H16N2S/c1-2-5-14(6-3-1)15-7-9-16(10-8-15)17-13-21-18-19-11-4-12-20(17)18/h1-3,5-10,13H,4,11-12H2. The zero-order chi connectivity index (χ0) is 14.1. The Hall–Kier alpha value is -2.00. The highest BCUT2D eigenvalue weighted by Crippen LogP contribution is 2.35. The summed E-state index contributed by atoms with van der Waals surface area (Å²) in [5.41, 5.74) is 5.09. The lowest BCUT2D eigenvalue weighted by molar-refractivity contribution is 0.542. The molecule has 0 fully saturated rings. The van der Waals surface area contributed by atoms with Crippen molar-refractivity contribution >= 4 is 22.6 Å². The van der Waals surface area contributed by atoms with Crippen LogP contribution in [0.25, 0.3) is 16.8 Å². The summed E-state index contributed by atoms with van der Waals surface area (Å²) in [6.45, 7) is 2.05. The van der Waals surface area contributed by atoms with Crippen LogP contribution in [0, 0.1) is 0 Å². The molecule has 2 aliphatic heterocycles. The Labute approximate surface area is 129 Å². The lowest BCUT2D eigenvalue weighted by Gasteiger charge is -2.25. The molecule has 0 amide bonds. The van der Waals surface area contributed by atoms with Gasteiger partial charge in [0, 0.05) is 18.5 Å². The number of nitrogens with zero attached hydrogens (tertiary/aromatic N) is 2. The van der Waals surface area contributed by atoms with E-state index in [-0.39, 0.29) is 0 Å². The van der Waals surface area contributed by atoms with E-state index in [2.05, 4.69) is 69.9 Å². The minimum absolute atomic E-state index is 0.965. The van der Waals surface area contributed by atoms with Crippen LogP contribution < -0.4 is 0 Å². The largest absolute Gasteiger partial charge is 0.320 e. The molecule has 0 N–H and O–H groups in total. The van der Waals surface area contributed by atoms with Crippen LogP contribution >= 0.6 is 11.8 Å². The average molecular weight is 292 g/mol. The van der Waals surface area contributed by atoms with E-state index in [1.807, 2.05) is 0 Å². The summed E-state index contributed by atoms with van der Waals surface area (Å²) in [5, 5.41) is 3.38. The molecule has 0 aromatic heterocycles. The molecular formula is C18H16N2S. The molecule has 0 saturated carbocycles. The Kier molecular flexibility index (Phi) is 3.28. The van der Waals surface area contributed by atoms with Crippen LogP contribution in [0.15, 0.2) is 65.0 Å². The third-order valence-corrected chi connectivity index (χ3v) is 4.77. The molecule has 0 unspecified atom stereocenters. The maximum atomic E-state index is 4.59. The number of hydrogen-bond acceptors (Lipinski definition) is 3. The predicted octanol–water partition coefficient (Wildman–Crippen LogP) is 4.46. The van der Waals surface area contributed by atoms with Gasteiger partial charge in [-0.15, -0.1) is 0 Å². The molecular weight excluding hydrogens is 276 g/mol. The Morgan fingerprint density at radius 2 is 1.57 bits per heavy atom. The number of benzene rings is 2. The molecule has 0 radical (unpaired) electrons.